The Labute approximate surface area is 117 Å². The molecule has 0 aromatic carbocycles. The summed E-state index contributed by atoms with van der Waals surface area (Å²) in [4.78, 5) is 29.4. The average molecular weight is 282 g/mol. The molecule has 2 rings (SSSR count). The summed E-state index contributed by atoms with van der Waals surface area (Å²) in [6, 6.07) is 2.80. The van der Waals surface area contributed by atoms with Gasteiger partial charge < -0.3 is 10.2 Å². The van der Waals surface area contributed by atoms with E-state index in [2.05, 4.69) is 10.3 Å². The van der Waals surface area contributed by atoms with Gasteiger partial charge >= 0.3 is 0 Å². The van der Waals surface area contributed by atoms with E-state index in [1.54, 1.807) is 24.0 Å². The molecule has 102 valence electrons. The average Bonchev–Trinajstić information content (AvgIpc) is 2.41. The third kappa shape index (κ3) is 3.44. The van der Waals surface area contributed by atoms with Gasteiger partial charge in [0.2, 0.25) is 11.8 Å². The Morgan fingerprint density at radius 3 is 2.89 bits per heavy atom. The van der Waals surface area contributed by atoms with Gasteiger partial charge in [0.1, 0.15) is 11.9 Å². The number of aromatic nitrogens is 1. The lowest BCUT2D eigenvalue weighted by atomic mass is 10.1. The van der Waals surface area contributed by atoms with Crippen molar-refractivity contribution in [3.63, 3.8) is 0 Å². The maximum atomic E-state index is 12.1. The number of nitrogens with one attached hydrogen (secondary N) is 1. The normalized spacial score (nSPS) is 17.2. The van der Waals surface area contributed by atoms with E-state index in [9.17, 15) is 9.59 Å². The minimum atomic E-state index is -0.481. The molecule has 0 bridgehead atoms. The number of pyridine rings is 1. The largest absolute Gasteiger partial charge is 0.331 e. The van der Waals surface area contributed by atoms with Crippen LogP contribution < -0.4 is 5.32 Å². The highest BCUT2D eigenvalue weighted by Crippen LogP contribution is 2.15. The molecule has 0 unspecified atom stereocenters. The smallest absolute Gasteiger partial charge is 0.248 e. The van der Waals surface area contributed by atoms with Gasteiger partial charge in [0, 0.05) is 19.2 Å². The number of carbonyl (C=O) groups excluding carboxylic acids is 2. The van der Waals surface area contributed by atoms with Gasteiger partial charge in [-0.1, -0.05) is 11.6 Å². The molecule has 1 N–H and O–H groups in total. The highest BCUT2D eigenvalue weighted by molar-refractivity contribution is 6.30. The van der Waals surface area contributed by atoms with Crippen molar-refractivity contribution >= 4 is 29.2 Å². The first-order valence-corrected chi connectivity index (χ1v) is 6.67. The maximum Gasteiger partial charge on any atom is 0.248 e. The number of likely N-dealkylation sites (tertiary alicyclic amines) is 1. The second-order valence-corrected chi connectivity index (χ2v) is 5.01. The van der Waals surface area contributed by atoms with Crippen LogP contribution in [-0.4, -0.2) is 34.3 Å². The lowest BCUT2D eigenvalue weighted by molar-refractivity contribution is -0.140. The molecule has 2 heterocycles. The van der Waals surface area contributed by atoms with E-state index >= 15 is 0 Å². The van der Waals surface area contributed by atoms with E-state index in [-0.39, 0.29) is 11.8 Å². The zero-order valence-corrected chi connectivity index (χ0v) is 11.5. The summed E-state index contributed by atoms with van der Waals surface area (Å²) >= 11 is 5.72. The third-order valence-electron chi connectivity index (χ3n) is 3.19. The van der Waals surface area contributed by atoms with Gasteiger partial charge in [0.15, 0.2) is 0 Å². The summed E-state index contributed by atoms with van der Waals surface area (Å²) in [5.74, 6) is 0.244. The van der Waals surface area contributed by atoms with Crippen LogP contribution >= 0.6 is 11.6 Å². The van der Waals surface area contributed by atoms with Crippen LogP contribution in [0.1, 0.15) is 26.2 Å². The van der Waals surface area contributed by atoms with Crippen molar-refractivity contribution in [3.8, 4) is 0 Å². The fourth-order valence-electron chi connectivity index (χ4n) is 2.06. The van der Waals surface area contributed by atoms with E-state index in [1.807, 2.05) is 0 Å². The van der Waals surface area contributed by atoms with Crippen molar-refractivity contribution in [1.82, 2.24) is 9.88 Å². The van der Waals surface area contributed by atoms with Gasteiger partial charge in [-0.15, -0.1) is 0 Å². The fraction of sp³-hybridized carbons (Fsp3) is 0.462. The molecule has 6 heteroatoms. The van der Waals surface area contributed by atoms with Crippen molar-refractivity contribution in [2.45, 2.75) is 32.2 Å². The minimum absolute atomic E-state index is 0.0398. The molecule has 0 radical (unpaired) electrons. The number of rotatable bonds is 3. The summed E-state index contributed by atoms with van der Waals surface area (Å²) in [6.07, 6.45) is 3.84. The van der Waals surface area contributed by atoms with Crippen LogP contribution in [0.5, 0.6) is 0 Å². The first kappa shape index (κ1) is 13.8. The van der Waals surface area contributed by atoms with Crippen molar-refractivity contribution in [3.05, 3.63) is 23.4 Å². The number of hydrogen-bond donors (Lipinski definition) is 1. The van der Waals surface area contributed by atoms with Crippen molar-refractivity contribution in [1.29, 1.82) is 0 Å². The molecule has 1 aromatic heterocycles. The minimum Gasteiger partial charge on any atom is -0.331 e. The van der Waals surface area contributed by atoms with Crippen LogP contribution in [0.25, 0.3) is 0 Å². The number of carbonyl (C=O) groups is 2. The van der Waals surface area contributed by atoms with Crippen molar-refractivity contribution < 1.29 is 9.59 Å². The fourth-order valence-corrected chi connectivity index (χ4v) is 2.17. The molecule has 19 heavy (non-hydrogen) atoms. The Morgan fingerprint density at radius 2 is 2.26 bits per heavy atom. The number of halogens is 1. The Balaban J connectivity index is 1.98. The van der Waals surface area contributed by atoms with E-state index in [1.165, 1.54) is 6.20 Å². The lowest BCUT2D eigenvalue weighted by Crippen LogP contribution is -2.47. The van der Waals surface area contributed by atoms with E-state index in [0.717, 1.165) is 12.8 Å². The summed E-state index contributed by atoms with van der Waals surface area (Å²) in [5.41, 5.74) is 0. The molecule has 0 aliphatic carbocycles. The van der Waals surface area contributed by atoms with Crippen LogP contribution in [0.2, 0.25) is 5.02 Å². The highest BCUT2D eigenvalue weighted by Gasteiger charge is 2.27. The maximum absolute atomic E-state index is 12.1. The molecule has 1 aliphatic heterocycles. The second-order valence-electron chi connectivity index (χ2n) is 4.57. The summed E-state index contributed by atoms with van der Waals surface area (Å²) in [5, 5.41) is 3.20. The van der Waals surface area contributed by atoms with Crippen LogP contribution in [0.15, 0.2) is 18.3 Å². The molecule has 1 aliphatic rings. The van der Waals surface area contributed by atoms with Crippen molar-refractivity contribution in [2.75, 3.05) is 11.9 Å². The molecule has 0 spiro atoms. The van der Waals surface area contributed by atoms with Gasteiger partial charge in [-0.3, -0.25) is 9.59 Å². The topological polar surface area (TPSA) is 62.3 Å². The second kappa shape index (κ2) is 6.02. The molecule has 1 saturated heterocycles. The van der Waals surface area contributed by atoms with Crippen LogP contribution in [-0.2, 0) is 9.59 Å². The number of anilines is 1. The van der Waals surface area contributed by atoms with Gasteiger partial charge in [-0.25, -0.2) is 4.98 Å². The zero-order chi connectivity index (χ0) is 13.8. The quantitative estimate of drug-likeness (QED) is 0.923. The Morgan fingerprint density at radius 1 is 1.47 bits per heavy atom. The number of piperidine rings is 1. The SMILES string of the molecule is C[C@H](C(=O)Nc1ccc(Cl)cn1)N1CCCCC1=O. The number of hydrogen-bond acceptors (Lipinski definition) is 3. The standard InChI is InChI=1S/C13H16ClN3O2/c1-9(17-7-3-2-4-12(17)18)13(19)16-11-6-5-10(14)8-15-11/h5-6,8-9H,2-4,7H2,1H3,(H,15,16,19)/t9-/m1/s1. The summed E-state index contributed by atoms with van der Waals surface area (Å²) in [7, 11) is 0. The predicted octanol–water partition coefficient (Wildman–Crippen LogP) is 2.07. The molecule has 5 nitrogen and oxygen atoms in total. The number of nitrogens with zero attached hydrogens (tertiary/aromatic N) is 2. The van der Waals surface area contributed by atoms with Crippen LogP contribution in [0.3, 0.4) is 0 Å². The van der Waals surface area contributed by atoms with Gasteiger partial charge in [-0.05, 0) is 31.9 Å². The van der Waals surface area contributed by atoms with Crippen LogP contribution in [0, 0.1) is 0 Å². The predicted molar refractivity (Wildman–Crippen MR) is 72.9 cm³/mol. The first-order chi connectivity index (χ1) is 9.08. The van der Waals surface area contributed by atoms with Gasteiger partial charge in [-0.2, -0.15) is 0 Å². The zero-order valence-electron chi connectivity index (χ0n) is 10.7. The molecular weight excluding hydrogens is 266 g/mol. The summed E-state index contributed by atoms with van der Waals surface area (Å²) < 4.78 is 0. The van der Waals surface area contributed by atoms with E-state index in [0.29, 0.717) is 23.8 Å². The highest BCUT2D eigenvalue weighted by atomic mass is 35.5. The molecule has 0 saturated carbocycles. The molecule has 1 atom stereocenters. The first-order valence-electron chi connectivity index (χ1n) is 6.30. The molecule has 2 amide bonds. The van der Waals surface area contributed by atoms with E-state index in [4.69, 9.17) is 11.6 Å². The Bertz CT molecular complexity index is 475. The Hall–Kier alpha value is -1.62. The lowest BCUT2D eigenvalue weighted by Gasteiger charge is -2.31. The third-order valence-corrected chi connectivity index (χ3v) is 3.41. The van der Waals surface area contributed by atoms with Crippen LogP contribution in [0.4, 0.5) is 5.82 Å². The Kier molecular flexibility index (Phi) is 4.37. The van der Waals surface area contributed by atoms with Gasteiger partial charge in [0.05, 0.1) is 5.02 Å². The van der Waals surface area contributed by atoms with E-state index < -0.39 is 6.04 Å². The van der Waals surface area contributed by atoms with Crippen molar-refractivity contribution in [2.24, 2.45) is 0 Å². The monoisotopic (exact) mass is 281 g/mol. The molecule has 1 fully saturated rings. The van der Waals surface area contributed by atoms with Gasteiger partial charge in [0.25, 0.3) is 0 Å². The molecule has 1 aromatic rings. The summed E-state index contributed by atoms with van der Waals surface area (Å²) in [6.45, 7) is 2.37. The number of amides is 2. The molecular formula is C13H16ClN3O2.